The predicted molar refractivity (Wildman–Crippen MR) is 69.4 cm³/mol. The summed E-state index contributed by atoms with van der Waals surface area (Å²) in [6.45, 7) is 8.66. The van der Waals surface area contributed by atoms with Gasteiger partial charge in [0.2, 0.25) is 0 Å². The molecule has 4 nitrogen and oxygen atoms in total. The van der Waals surface area contributed by atoms with E-state index in [9.17, 15) is 4.79 Å². The normalized spacial score (nSPS) is 13.5. The number of aromatic nitrogens is 1. The Morgan fingerprint density at radius 1 is 1.59 bits per heavy atom. The quantitative estimate of drug-likeness (QED) is 0.863. The molecule has 1 atom stereocenters. The van der Waals surface area contributed by atoms with Crippen molar-refractivity contribution in [1.82, 2.24) is 10.3 Å². The van der Waals surface area contributed by atoms with Crippen molar-refractivity contribution < 1.29 is 9.90 Å². The number of nitrogens with zero attached hydrogens (tertiary/aromatic N) is 1. The topological polar surface area (TPSA) is 62.2 Å². The molecule has 1 heterocycles. The smallest absolute Gasteiger partial charge is 0.263 e. The van der Waals surface area contributed by atoms with Crippen LogP contribution < -0.4 is 5.32 Å². The van der Waals surface area contributed by atoms with E-state index in [4.69, 9.17) is 5.11 Å². The van der Waals surface area contributed by atoms with E-state index in [-0.39, 0.29) is 23.8 Å². The third kappa shape index (κ3) is 4.09. The fourth-order valence-electron chi connectivity index (χ4n) is 1.14. The van der Waals surface area contributed by atoms with E-state index in [1.165, 1.54) is 11.3 Å². The Bertz CT molecular complexity index is 382. The van der Waals surface area contributed by atoms with E-state index in [0.29, 0.717) is 11.4 Å². The van der Waals surface area contributed by atoms with Crippen molar-refractivity contribution in [2.24, 2.45) is 5.92 Å². The Kier molecular flexibility index (Phi) is 4.65. The second kappa shape index (κ2) is 5.60. The summed E-state index contributed by atoms with van der Waals surface area (Å²) in [7, 11) is 0. The SMILES string of the molecule is CC(CO)CNC(=O)c1cnc(C(C)(C)C)s1. The fourth-order valence-corrected chi connectivity index (χ4v) is 2.03. The minimum Gasteiger partial charge on any atom is -0.396 e. The first-order valence-corrected chi connectivity index (χ1v) is 6.51. The van der Waals surface area contributed by atoms with Gasteiger partial charge in [0.05, 0.1) is 11.2 Å². The predicted octanol–water partition coefficient (Wildman–Crippen LogP) is 1.80. The molecule has 0 radical (unpaired) electrons. The molecular formula is C12H20N2O2S. The summed E-state index contributed by atoms with van der Waals surface area (Å²) in [5, 5.41) is 12.6. The van der Waals surface area contributed by atoms with Crippen molar-refractivity contribution in [1.29, 1.82) is 0 Å². The van der Waals surface area contributed by atoms with E-state index >= 15 is 0 Å². The molecule has 2 N–H and O–H groups in total. The largest absolute Gasteiger partial charge is 0.396 e. The number of aliphatic hydroxyl groups is 1. The molecule has 0 aliphatic heterocycles. The Balaban J connectivity index is 2.61. The van der Waals surface area contributed by atoms with Crippen LogP contribution in [-0.4, -0.2) is 29.1 Å². The number of hydrogen-bond donors (Lipinski definition) is 2. The Labute approximate surface area is 106 Å². The lowest BCUT2D eigenvalue weighted by molar-refractivity contribution is 0.0946. The van der Waals surface area contributed by atoms with Gasteiger partial charge < -0.3 is 10.4 Å². The summed E-state index contributed by atoms with van der Waals surface area (Å²) in [5.74, 6) is -0.0349. The second-order valence-electron chi connectivity index (χ2n) is 5.28. The van der Waals surface area contributed by atoms with Crippen LogP contribution in [0.4, 0.5) is 0 Å². The average molecular weight is 256 g/mol. The lowest BCUT2D eigenvalue weighted by Crippen LogP contribution is -2.28. The highest BCUT2D eigenvalue weighted by Gasteiger charge is 2.20. The van der Waals surface area contributed by atoms with Crippen molar-refractivity contribution in [2.75, 3.05) is 13.2 Å². The molecule has 1 unspecified atom stereocenters. The molecule has 0 aliphatic carbocycles. The van der Waals surface area contributed by atoms with Gasteiger partial charge in [0.1, 0.15) is 4.88 Å². The molecule has 0 fully saturated rings. The van der Waals surface area contributed by atoms with Gasteiger partial charge in [0, 0.05) is 18.6 Å². The summed E-state index contributed by atoms with van der Waals surface area (Å²) >= 11 is 1.42. The molecule has 17 heavy (non-hydrogen) atoms. The number of thiazole rings is 1. The molecule has 0 spiro atoms. The molecular weight excluding hydrogens is 236 g/mol. The molecule has 0 saturated heterocycles. The van der Waals surface area contributed by atoms with Crippen molar-refractivity contribution in [2.45, 2.75) is 33.1 Å². The minimum atomic E-state index is -0.113. The summed E-state index contributed by atoms with van der Waals surface area (Å²) in [5.41, 5.74) is -0.0262. The fraction of sp³-hybridized carbons (Fsp3) is 0.667. The maximum Gasteiger partial charge on any atom is 0.263 e. The third-order valence-electron chi connectivity index (χ3n) is 2.29. The molecule has 0 saturated carbocycles. The van der Waals surface area contributed by atoms with E-state index in [2.05, 4.69) is 31.1 Å². The zero-order chi connectivity index (χ0) is 13.1. The molecule has 1 amide bonds. The van der Waals surface area contributed by atoms with Gasteiger partial charge >= 0.3 is 0 Å². The Morgan fingerprint density at radius 2 is 2.24 bits per heavy atom. The maximum atomic E-state index is 11.8. The van der Waals surface area contributed by atoms with Crippen LogP contribution in [0.25, 0.3) is 0 Å². The van der Waals surface area contributed by atoms with Crippen molar-refractivity contribution in [3.05, 3.63) is 16.1 Å². The number of amides is 1. The molecule has 1 aromatic rings. The Hall–Kier alpha value is -0.940. The van der Waals surface area contributed by atoms with Gasteiger partial charge in [-0.05, 0) is 5.92 Å². The van der Waals surface area contributed by atoms with Gasteiger partial charge in [-0.25, -0.2) is 4.98 Å². The van der Waals surface area contributed by atoms with E-state index < -0.39 is 0 Å². The monoisotopic (exact) mass is 256 g/mol. The van der Waals surface area contributed by atoms with Crippen molar-refractivity contribution >= 4 is 17.2 Å². The van der Waals surface area contributed by atoms with Gasteiger partial charge in [-0.15, -0.1) is 11.3 Å². The van der Waals surface area contributed by atoms with Gasteiger partial charge in [-0.3, -0.25) is 4.79 Å². The summed E-state index contributed by atoms with van der Waals surface area (Å²) < 4.78 is 0. The molecule has 1 rings (SSSR count). The molecule has 0 aliphatic rings. The number of hydrogen-bond acceptors (Lipinski definition) is 4. The summed E-state index contributed by atoms with van der Waals surface area (Å²) in [6.07, 6.45) is 1.62. The number of aliphatic hydroxyl groups excluding tert-OH is 1. The highest BCUT2D eigenvalue weighted by molar-refractivity contribution is 7.13. The van der Waals surface area contributed by atoms with Gasteiger partial charge in [-0.1, -0.05) is 27.7 Å². The summed E-state index contributed by atoms with van der Waals surface area (Å²) in [4.78, 5) is 16.7. The van der Waals surface area contributed by atoms with Crippen LogP contribution in [0, 0.1) is 5.92 Å². The first-order chi connectivity index (χ1) is 7.84. The highest BCUT2D eigenvalue weighted by Crippen LogP contribution is 2.26. The van der Waals surface area contributed by atoms with Crippen LogP contribution in [0.1, 0.15) is 42.4 Å². The van der Waals surface area contributed by atoms with Crippen LogP contribution >= 0.6 is 11.3 Å². The first kappa shape index (κ1) is 14.1. The number of carbonyl (C=O) groups excluding carboxylic acids is 1. The average Bonchev–Trinajstić information content (AvgIpc) is 2.74. The van der Waals surface area contributed by atoms with Crippen LogP contribution in [-0.2, 0) is 5.41 Å². The number of rotatable bonds is 4. The standard InChI is InChI=1S/C12H20N2O2S/c1-8(7-15)5-13-10(16)9-6-14-11(17-9)12(2,3)4/h6,8,15H,5,7H2,1-4H3,(H,13,16). The lowest BCUT2D eigenvalue weighted by atomic mass is 9.98. The van der Waals surface area contributed by atoms with E-state index in [0.717, 1.165) is 5.01 Å². The molecule has 5 heteroatoms. The van der Waals surface area contributed by atoms with Crippen LogP contribution in [0.2, 0.25) is 0 Å². The third-order valence-corrected chi connectivity index (χ3v) is 3.72. The van der Waals surface area contributed by atoms with Crippen LogP contribution in [0.15, 0.2) is 6.20 Å². The number of nitrogens with one attached hydrogen (secondary N) is 1. The number of carbonyl (C=O) groups is 1. The van der Waals surface area contributed by atoms with Crippen LogP contribution in [0.5, 0.6) is 0 Å². The van der Waals surface area contributed by atoms with Gasteiger partial charge in [0.25, 0.3) is 5.91 Å². The van der Waals surface area contributed by atoms with Gasteiger partial charge in [0.15, 0.2) is 0 Å². The second-order valence-corrected chi connectivity index (χ2v) is 6.31. The summed E-state index contributed by atoms with van der Waals surface area (Å²) in [6, 6.07) is 0. The maximum absolute atomic E-state index is 11.8. The first-order valence-electron chi connectivity index (χ1n) is 5.70. The van der Waals surface area contributed by atoms with E-state index in [1.54, 1.807) is 6.20 Å². The van der Waals surface area contributed by atoms with Gasteiger partial charge in [-0.2, -0.15) is 0 Å². The molecule has 0 bridgehead atoms. The van der Waals surface area contributed by atoms with Crippen molar-refractivity contribution in [3.8, 4) is 0 Å². The van der Waals surface area contributed by atoms with Crippen molar-refractivity contribution in [3.63, 3.8) is 0 Å². The lowest BCUT2D eigenvalue weighted by Gasteiger charge is -2.13. The van der Waals surface area contributed by atoms with E-state index in [1.807, 2.05) is 6.92 Å². The van der Waals surface area contributed by atoms with Crippen LogP contribution in [0.3, 0.4) is 0 Å². The zero-order valence-corrected chi connectivity index (χ0v) is 11.6. The highest BCUT2D eigenvalue weighted by atomic mass is 32.1. The molecule has 1 aromatic heterocycles. The Morgan fingerprint density at radius 3 is 2.71 bits per heavy atom. The minimum absolute atomic E-state index is 0.0262. The zero-order valence-electron chi connectivity index (χ0n) is 10.8. The molecule has 0 aromatic carbocycles. The molecule has 96 valence electrons.